The van der Waals surface area contributed by atoms with Gasteiger partial charge in [-0.2, -0.15) is 0 Å². The molecule has 0 spiro atoms. The third kappa shape index (κ3) is 6.29. The van der Waals surface area contributed by atoms with E-state index in [4.69, 9.17) is 10.5 Å². The minimum atomic E-state index is -3.68. The Kier molecular flexibility index (Phi) is 7.58. The number of carbonyl (C=O) groups excluding carboxylic acids is 1. The molecule has 8 heteroatoms. The fraction of sp³-hybridized carbons (Fsp3) is 0.923. The van der Waals surface area contributed by atoms with E-state index >= 15 is 0 Å². The minimum absolute atomic E-state index is 0.232. The van der Waals surface area contributed by atoms with Gasteiger partial charge in [0.15, 0.2) is 5.25 Å². The molecule has 124 valence electrons. The summed E-state index contributed by atoms with van der Waals surface area (Å²) in [5.41, 5.74) is 5.82. The maximum atomic E-state index is 11.8. The second-order valence-electron chi connectivity index (χ2n) is 5.37. The third-order valence-corrected chi connectivity index (χ3v) is 5.43. The molecule has 0 saturated heterocycles. The Hall–Kier alpha value is -0.700. The predicted molar refractivity (Wildman–Crippen MR) is 79.2 cm³/mol. The molecular weight excluding hydrogens is 296 g/mol. The van der Waals surface area contributed by atoms with Gasteiger partial charge < -0.3 is 15.2 Å². The number of hydrogen-bond acceptors (Lipinski definition) is 6. The molecule has 0 bridgehead atoms. The molecule has 0 aromatic heterocycles. The van der Waals surface area contributed by atoms with Crippen molar-refractivity contribution in [3.8, 4) is 0 Å². The van der Waals surface area contributed by atoms with Gasteiger partial charge in [0.2, 0.25) is 10.0 Å². The lowest BCUT2D eigenvalue weighted by atomic mass is 9.94. The number of hydrogen-bond donors (Lipinski definition) is 2. The first-order valence-electron chi connectivity index (χ1n) is 7.30. The summed E-state index contributed by atoms with van der Waals surface area (Å²) < 4.78 is 36.0. The van der Waals surface area contributed by atoms with Gasteiger partial charge in [-0.25, -0.2) is 13.1 Å². The highest BCUT2D eigenvalue weighted by Gasteiger charge is 2.28. The molecule has 0 aromatic rings. The fourth-order valence-corrected chi connectivity index (χ4v) is 3.24. The highest BCUT2D eigenvalue weighted by molar-refractivity contribution is 7.90. The third-order valence-electron chi connectivity index (χ3n) is 3.70. The van der Waals surface area contributed by atoms with Crippen LogP contribution in [0, 0.1) is 0 Å². The number of esters is 1. The normalized spacial score (nSPS) is 24.5. The molecule has 0 aliphatic heterocycles. The maximum absolute atomic E-state index is 11.8. The standard InChI is InChI=1S/C13H26N2O5S/c1-10(13(16)19-2)21(17,18)15-8-3-9-20-12-6-4-11(14)5-7-12/h10-12,15H,3-9,14H2,1-2H3. The molecule has 0 amide bonds. The minimum Gasteiger partial charge on any atom is -0.468 e. The summed E-state index contributed by atoms with van der Waals surface area (Å²) in [6, 6.07) is 0.288. The van der Waals surface area contributed by atoms with Gasteiger partial charge in [-0.3, -0.25) is 4.79 Å². The molecule has 1 rings (SSSR count). The molecule has 1 fully saturated rings. The number of methoxy groups -OCH3 is 1. The lowest BCUT2D eigenvalue weighted by molar-refractivity contribution is -0.139. The molecular formula is C13H26N2O5S. The number of nitrogens with two attached hydrogens (primary N) is 1. The van der Waals surface area contributed by atoms with Crippen LogP contribution in [0.4, 0.5) is 0 Å². The summed E-state index contributed by atoms with van der Waals surface area (Å²) in [5, 5.41) is -1.21. The van der Waals surface area contributed by atoms with Gasteiger partial charge in [-0.05, 0) is 39.0 Å². The van der Waals surface area contributed by atoms with E-state index in [1.165, 1.54) is 6.92 Å². The van der Waals surface area contributed by atoms with Gasteiger partial charge in [0.1, 0.15) is 0 Å². The molecule has 7 nitrogen and oxygen atoms in total. The molecule has 1 atom stereocenters. The average molecular weight is 322 g/mol. The topological polar surface area (TPSA) is 108 Å². The number of nitrogens with one attached hydrogen (secondary N) is 1. The van der Waals surface area contributed by atoms with Crippen molar-refractivity contribution in [1.82, 2.24) is 4.72 Å². The number of carbonyl (C=O) groups is 1. The van der Waals surface area contributed by atoms with E-state index in [2.05, 4.69) is 9.46 Å². The lowest BCUT2D eigenvalue weighted by Crippen LogP contribution is -2.39. The van der Waals surface area contributed by atoms with Crippen LogP contribution in [-0.4, -0.2) is 52.0 Å². The van der Waals surface area contributed by atoms with Gasteiger partial charge in [0, 0.05) is 19.2 Å². The lowest BCUT2D eigenvalue weighted by Gasteiger charge is -2.26. The van der Waals surface area contributed by atoms with Gasteiger partial charge in [0.05, 0.1) is 13.2 Å². The largest absolute Gasteiger partial charge is 0.468 e. The van der Waals surface area contributed by atoms with E-state index in [-0.39, 0.29) is 18.7 Å². The van der Waals surface area contributed by atoms with Crippen LogP contribution in [0.2, 0.25) is 0 Å². The second kappa shape index (κ2) is 8.67. The smallest absolute Gasteiger partial charge is 0.325 e. The second-order valence-corrected chi connectivity index (χ2v) is 7.45. The first-order chi connectivity index (χ1) is 9.86. The summed E-state index contributed by atoms with van der Waals surface area (Å²) in [4.78, 5) is 11.2. The Balaban J connectivity index is 2.17. The zero-order valence-corrected chi connectivity index (χ0v) is 13.5. The Morgan fingerprint density at radius 1 is 1.33 bits per heavy atom. The molecule has 1 unspecified atom stereocenters. The van der Waals surface area contributed by atoms with Crippen LogP contribution in [0.3, 0.4) is 0 Å². The van der Waals surface area contributed by atoms with Gasteiger partial charge in [0.25, 0.3) is 0 Å². The average Bonchev–Trinajstić information content (AvgIpc) is 2.47. The van der Waals surface area contributed by atoms with Crippen LogP contribution in [-0.2, 0) is 24.3 Å². The molecule has 21 heavy (non-hydrogen) atoms. The molecule has 1 aliphatic carbocycles. The van der Waals surface area contributed by atoms with Crippen molar-refractivity contribution >= 4 is 16.0 Å². The van der Waals surface area contributed by atoms with Crippen LogP contribution in [0.15, 0.2) is 0 Å². The van der Waals surface area contributed by atoms with Crippen molar-refractivity contribution in [2.75, 3.05) is 20.3 Å². The predicted octanol–water partition coefficient (Wildman–Crippen LogP) is 0.144. The maximum Gasteiger partial charge on any atom is 0.325 e. The number of ether oxygens (including phenoxy) is 2. The van der Waals surface area contributed by atoms with Crippen LogP contribution < -0.4 is 10.5 Å². The van der Waals surface area contributed by atoms with Gasteiger partial charge in [-0.15, -0.1) is 0 Å². The van der Waals surface area contributed by atoms with Gasteiger partial charge >= 0.3 is 5.97 Å². The van der Waals surface area contributed by atoms with Crippen molar-refractivity contribution < 1.29 is 22.7 Å². The van der Waals surface area contributed by atoms with Crippen molar-refractivity contribution in [3.63, 3.8) is 0 Å². The summed E-state index contributed by atoms with van der Waals surface area (Å²) in [6.45, 7) is 2.04. The Morgan fingerprint density at radius 2 is 1.95 bits per heavy atom. The van der Waals surface area contributed by atoms with E-state index in [9.17, 15) is 13.2 Å². The highest BCUT2D eigenvalue weighted by Crippen LogP contribution is 2.19. The zero-order valence-electron chi connectivity index (χ0n) is 12.7. The number of sulfonamides is 1. The van der Waals surface area contributed by atoms with E-state index in [1.807, 2.05) is 0 Å². The molecule has 0 heterocycles. The van der Waals surface area contributed by atoms with Crippen LogP contribution in [0.5, 0.6) is 0 Å². The van der Waals surface area contributed by atoms with Gasteiger partial charge in [-0.1, -0.05) is 0 Å². The van der Waals surface area contributed by atoms with Crippen LogP contribution >= 0.6 is 0 Å². The summed E-state index contributed by atoms with van der Waals surface area (Å²) in [6.07, 6.45) is 4.69. The number of rotatable bonds is 8. The quantitative estimate of drug-likeness (QED) is 0.486. The summed E-state index contributed by atoms with van der Waals surface area (Å²) >= 11 is 0. The monoisotopic (exact) mass is 322 g/mol. The van der Waals surface area contributed by atoms with E-state index in [0.29, 0.717) is 13.0 Å². The Morgan fingerprint density at radius 3 is 2.52 bits per heavy atom. The first-order valence-corrected chi connectivity index (χ1v) is 8.85. The molecule has 0 aromatic carbocycles. The fourth-order valence-electron chi connectivity index (χ4n) is 2.21. The molecule has 1 aliphatic rings. The molecule has 1 saturated carbocycles. The van der Waals surface area contributed by atoms with E-state index in [1.54, 1.807) is 0 Å². The van der Waals surface area contributed by atoms with Crippen molar-refractivity contribution in [2.45, 2.75) is 56.4 Å². The zero-order chi connectivity index (χ0) is 15.9. The van der Waals surface area contributed by atoms with Crippen molar-refractivity contribution in [3.05, 3.63) is 0 Å². The van der Waals surface area contributed by atoms with E-state index < -0.39 is 21.2 Å². The summed E-state index contributed by atoms with van der Waals surface area (Å²) in [5.74, 6) is -0.766. The Labute approximate surface area is 126 Å². The van der Waals surface area contributed by atoms with Crippen molar-refractivity contribution in [2.24, 2.45) is 5.73 Å². The summed E-state index contributed by atoms with van der Waals surface area (Å²) in [7, 11) is -2.52. The Bertz CT molecular complexity index is 418. The SMILES string of the molecule is COC(=O)C(C)S(=O)(=O)NCCCOC1CCC(N)CC1. The van der Waals surface area contributed by atoms with Crippen LogP contribution in [0.1, 0.15) is 39.0 Å². The van der Waals surface area contributed by atoms with Crippen molar-refractivity contribution in [1.29, 1.82) is 0 Å². The van der Waals surface area contributed by atoms with E-state index in [0.717, 1.165) is 32.8 Å². The highest BCUT2D eigenvalue weighted by atomic mass is 32.2. The van der Waals surface area contributed by atoms with Crippen LogP contribution in [0.25, 0.3) is 0 Å². The molecule has 3 N–H and O–H groups in total. The first kappa shape index (κ1) is 18.3. The molecule has 0 radical (unpaired) electrons.